The number of imidazole rings is 1. The van der Waals surface area contributed by atoms with Crippen LogP contribution < -0.4 is 5.73 Å². The quantitative estimate of drug-likeness (QED) is 0.751. The van der Waals surface area contributed by atoms with Gasteiger partial charge in [-0.1, -0.05) is 0 Å². The monoisotopic (exact) mass is 201 g/mol. The van der Waals surface area contributed by atoms with E-state index in [1.54, 1.807) is 0 Å². The van der Waals surface area contributed by atoms with Gasteiger partial charge in [0.2, 0.25) is 0 Å². The van der Waals surface area contributed by atoms with Crippen LogP contribution in [0.3, 0.4) is 0 Å². The van der Waals surface area contributed by atoms with Gasteiger partial charge < -0.3 is 10.3 Å². The minimum absolute atomic E-state index is 0. The van der Waals surface area contributed by atoms with E-state index in [1.165, 1.54) is 24.4 Å². The smallest absolute Gasteiger partial charge is 0.108 e. The maximum Gasteiger partial charge on any atom is 0.108 e. The minimum atomic E-state index is 0. The van der Waals surface area contributed by atoms with Crippen molar-refractivity contribution >= 4 is 12.4 Å². The van der Waals surface area contributed by atoms with Crippen molar-refractivity contribution in [3.05, 3.63) is 17.7 Å². The van der Waals surface area contributed by atoms with Crippen molar-refractivity contribution in [2.24, 2.45) is 5.73 Å². The summed E-state index contributed by atoms with van der Waals surface area (Å²) >= 11 is 0. The van der Waals surface area contributed by atoms with E-state index >= 15 is 0 Å². The molecule has 1 aromatic rings. The Morgan fingerprint density at radius 1 is 1.54 bits per heavy atom. The van der Waals surface area contributed by atoms with Crippen LogP contribution in [0.2, 0.25) is 0 Å². The van der Waals surface area contributed by atoms with Crippen molar-refractivity contribution in [1.29, 1.82) is 0 Å². The highest BCUT2D eigenvalue weighted by molar-refractivity contribution is 5.85. The van der Waals surface area contributed by atoms with Crippen LogP contribution >= 0.6 is 12.4 Å². The second kappa shape index (κ2) is 4.11. The number of nitrogens with two attached hydrogens (primary N) is 1. The lowest BCUT2D eigenvalue weighted by molar-refractivity contribution is 0.498. The van der Waals surface area contributed by atoms with Crippen molar-refractivity contribution in [3.8, 4) is 0 Å². The van der Waals surface area contributed by atoms with Crippen molar-refractivity contribution in [2.75, 3.05) is 0 Å². The zero-order valence-electron chi connectivity index (χ0n) is 7.86. The number of aryl methyl sites for hydroxylation is 1. The summed E-state index contributed by atoms with van der Waals surface area (Å²) in [5, 5.41) is 0. The van der Waals surface area contributed by atoms with Crippen LogP contribution in [0.1, 0.15) is 37.3 Å². The van der Waals surface area contributed by atoms with E-state index in [0.29, 0.717) is 0 Å². The largest absolute Gasteiger partial charge is 0.331 e. The summed E-state index contributed by atoms with van der Waals surface area (Å²) in [6.45, 7) is 3.12. The summed E-state index contributed by atoms with van der Waals surface area (Å²) in [6.07, 6.45) is 5.58. The molecule has 0 bridgehead atoms. The first-order valence-corrected chi connectivity index (χ1v) is 4.59. The van der Waals surface area contributed by atoms with Crippen molar-refractivity contribution < 1.29 is 0 Å². The van der Waals surface area contributed by atoms with Gasteiger partial charge in [0, 0.05) is 19.0 Å². The van der Waals surface area contributed by atoms with Gasteiger partial charge in [0.05, 0.1) is 11.9 Å². The Balaban J connectivity index is 0.000000845. The average Bonchev–Trinajstić information content (AvgIpc) is 2.47. The average molecular weight is 202 g/mol. The van der Waals surface area contributed by atoms with Crippen molar-refractivity contribution in [1.82, 2.24) is 9.55 Å². The number of hydrogen-bond donors (Lipinski definition) is 1. The fraction of sp³-hybridized carbons (Fsp3) is 0.667. The summed E-state index contributed by atoms with van der Waals surface area (Å²) in [5.74, 6) is 1.22. The van der Waals surface area contributed by atoms with Gasteiger partial charge in [0.25, 0.3) is 0 Å². The van der Waals surface area contributed by atoms with Crippen molar-refractivity contribution in [2.45, 2.75) is 38.8 Å². The summed E-state index contributed by atoms with van der Waals surface area (Å²) in [7, 11) is 0. The highest BCUT2D eigenvalue weighted by Gasteiger charge is 2.15. The number of aromatic nitrogens is 2. The first-order chi connectivity index (χ1) is 5.79. The first-order valence-electron chi connectivity index (χ1n) is 4.59. The zero-order valence-corrected chi connectivity index (χ0v) is 8.68. The lowest BCUT2D eigenvalue weighted by atomic mass is 10.1. The molecule has 0 amide bonds. The third-order valence-corrected chi connectivity index (χ3v) is 2.47. The van der Waals surface area contributed by atoms with Gasteiger partial charge >= 0.3 is 0 Å². The predicted molar refractivity (Wildman–Crippen MR) is 55.0 cm³/mol. The molecule has 4 heteroatoms. The highest BCUT2D eigenvalue weighted by atomic mass is 35.5. The SMILES string of the molecule is CC(N)c1cnc2n1CCCC2.Cl. The predicted octanol–water partition coefficient (Wildman–Crippen LogP) is 1.66. The number of nitrogens with zero attached hydrogens (tertiary/aromatic N) is 2. The summed E-state index contributed by atoms with van der Waals surface area (Å²) in [4.78, 5) is 4.36. The number of rotatable bonds is 1. The molecule has 1 aliphatic heterocycles. The van der Waals surface area contributed by atoms with Crippen LogP contribution in [0.4, 0.5) is 0 Å². The zero-order chi connectivity index (χ0) is 8.55. The Hall–Kier alpha value is -0.540. The van der Waals surface area contributed by atoms with Crippen LogP contribution in [-0.4, -0.2) is 9.55 Å². The van der Waals surface area contributed by atoms with Crippen LogP contribution in [0.25, 0.3) is 0 Å². The fourth-order valence-electron chi connectivity index (χ4n) is 1.80. The molecule has 1 unspecified atom stereocenters. The maximum absolute atomic E-state index is 5.82. The Bertz CT molecular complexity index is 280. The molecule has 1 aromatic heterocycles. The number of hydrogen-bond acceptors (Lipinski definition) is 2. The van der Waals surface area contributed by atoms with Gasteiger partial charge in [-0.05, 0) is 19.8 Å². The second-order valence-corrected chi connectivity index (χ2v) is 3.50. The molecule has 0 saturated heterocycles. The molecule has 0 aromatic carbocycles. The van der Waals surface area contributed by atoms with E-state index < -0.39 is 0 Å². The van der Waals surface area contributed by atoms with E-state index in [4.69, 9.17) is 5.73 Å². The third-order valence-electron chi connectivity index (χ3n) is 2.47. The fourth-order valence-corrected chi connectivity index (χ4v) is 1.80. The molecule has 0 radical (unpaired) electrons. The molecule has 0 aliphatic carbocycles. The van der Waals surface area contributed by atoms with Gasteiger partial charge in [0.1, 0.15) is 5.82 Å². The molecule has 0 fully saturated rings. The third kappa shape index (κ3) is 1.86. The molecule has 2 rings (SSSR count). The lowest BCUT2D eigenvalue weighted by Crippen LogP contribution is -2.17. The molecule has 13 heavy (non-hydrogen) atoms. The van der Waals surface area contributed by atoms with E-state index in [2.05, 4.69) is 9.55 Å². The topological polar surface area (TPSA) is 43.8 Å². The Morgan fingerprint density at radius 2 is 2.31 bits per heavy atom. The summed E-state index contributed by atoms with van der Waals surface area (Å²) < 4.78 is 2.27. The van der Waals surface area contributed by atoms with E-state index in [9.17, 15) is 0 Å². The Kier molecular flexibility index (Phi) is 3.33. The highest BCUT2D eigenvalue weighted by Crippen LogP contribution is 2.19. The van der Waals surface area contributed by atoms with Crippen LogP contribution in [-0.2, 0) is 13.0 Å². The molecule has 2 N–H and O–H groups in total. The molecule has 74 valence electrons. The summed E-state index contributed by atoms with van der Waals surface area (Å²) in [6, 6.07) is 0.115. The number of fused-ring (bicyclic) bond motifs is 1. The van der Waals surface area contributed by atoms with Crippen molar-refractivity contribution in [3.63, 3.8) is 0 Å². The maximum atomic E-state index is 5.82. The Labute approximate surface area is 84.7 Å². The molecule has 0 spiro atoms. The normalized spacial score (nSPS) is 17.4. The summed E-state index contributed by atoms with van der Waals surface area (Å²) in [5.41, 5.74) is 7.01. The van der Waals surface area contributed by atoms with E-state index in [0.717, 1.165) is 13.0 Å². The van der Waals surface area contributed by atoms with Crippen LogP contribution in [0.5, 0.6) is 0 Å². The lowest BCUT2D eigenvalue weighted by Gasteiger charge is -2.17. The van der Waals surface area contributed by atoms with Crippen LogP contribution in [0, 0.1) is 0 Å². The molecule has 0 saturated carbocycles. The van der Waals surface area contributed by atoms with E-state index in [-0.39, 0.29) is 18.4 Å². The van der Waals surface area contributed by atoms with Gasteiger partial charge in [-0.2, -0.15) is 0 Å². The van der Waals surface area contributed by atoms with Gasteiger partial charge in [-0.25, -0.2) is 4.98 Å². The molecular formula is C9H16ClN3. The molecule has 1 atom stereocenters. The van der Waals surface area contributed by atoms with E-state index in [1.807, 2.05) is 13.1 Å². The minimum Gasteiger partial charge on any atom is -0.331 e. The molecular weight excluding hydrogens is 186 g/mol. The Morgan fingerprint density at radius 3 is 3.00 bits per heavy atom. The van der Waals surface area contributed by atoms with Gasteiger partial charge in [-0.3, -0.25) is 0 Å². The van der Waals surface area contributed by atoms with Crippen LogP contribution in [0.15, 0.2) is 6.20 Å². The van der Waals surface area contributed by atoms with Gasteiger partial charge in [-0.15, -0.1) is 12.4 Å². The molecule has 1 aliphatic rings. The standard InChI is InChI=1S/C9H15N3.ClH/c1-7(10)8-6-11-9-4-2-3-5-12(8)9;/h6-7H,2-5,10H2,1H3;1H. The van der Waals surface area contributed by atoms with Gasteiger partial charge in [0.15, 0.2) is 0 Å². The molecule has 3 nitrogen and oxygen atoms in total. The number of halogens is 1. The first kappa shape index (κ1) is 10.5. The molecule has 2 heterocycles. The second-order valence-electron chi connectivity index (χ2n) is 3.50.